The molecule has 0 fully saturated rings. The van der Waals surface area contributed by atoms with Crippen LogP contribution in [0.2, 0.25) is 6.55 Å². The van der Waals surface area contributed by atoms with E-state index in [-0.39, 0.29) is 6.10 Å². The highest BCUT2D eigenvalue weighted by molar-refractivity contribution is 6.59. The van der Waals surface area contributed by atoms with Crippen molar-refractivity contribution in [2.45, 2.75) is 72.5 Å². The maximum absolute atomic E-state index is 5.99. The van der Waals surface area contributed by atoms with Gasteiger partial charge in [-0.15, -0.1) is 0 Å². The highest BCUT2D eigenvalue weighted by Crippen LogP contribution is 2.16. The van der Waals surface area contributed by atoms with Crippen LogP contribution in [-0.2, 0) is 13.3 Å². The molecule has 0 aromatic rings. The first-order valence-electron chi connectivity index (χ1n) is 7.03. The minimum Gasteiger partial charge on any atom is -0.374 e. The zero-order valence-electron chi connectivity index (χ0n) is 12.3. The van der Waals surface area contributed by atoms with E-state index < -0.39 is 8.80 Å². The smallest absolute Gasteiger partial charge is 0.374 e. The normalized spacial score (nSPS) is 13.9. The van der Waals surface area contributed by atoms with Gasteiger partial charge < -0.3 is 13.3 Å². The third-order valence-electron chi connectivity index (χ3n) is 2.69. The standard InChI is InChI=1S/C13H30O3Si/c1-6-9-10-11-12-13(4)16-17(5,14-7-2)15-8-3/h13H,6-12H2,1-5H3. The average molecular weight is 262 g/mol. The molecule has 4 heteroatoms. The van der Waals surface area contributed by atoms with Crippen molar-refractivity contribution in [1.82, 2.24) is 0 Å². The summed E-state index contributed by atoms with van der Waals surface area (Å²) in [6.07, 6.45) is 6.46. The molecule has 0 amide bonds. The molecule has 0 saturated heterocycles. The lowest BCUT2D eigenvalue weighted by Gasteiger charge is -2.28. The summed E-state index contributed by atoms with van der Waals surface area (Å²) in [6, 6.07) is 0. The molecule has 1 unspecified atom stereocenters. The SMILES string of the molecule is CCCCCCC(C)O[Si](C)(OCC)OCC. The summed E-state index contributed by atoms with van der Waals surface area (Å²) < 4.78 is 17.3. The van der Waals surface area contributed by atoms with Gasteiger partial charge in [-0.3, -0.25) is 0 Å². The third kappa shape index (κ3) is 8.77. The van der Waals surface area contributed by atoms with Crippen molar-refractivity contribution in [3.63, 3.8) is 0 Å². The largest absolute Gasteiger partial charge is 0.497 e. The first-order valence-corrected chi connectivity index (χ1v) is 9.26. The van der Waals surface area contributed by atoms with Crippen molar-refractivity contribution >= 4 is 8.80 Å². The second-order valence-corrected chi connectivity index (χ2v) is 7.04. The van der Waals surface area contributed by atoms with E-state index in [9.17, 15) is 0 Å². The van der Waals surface area contributed by atoms with Crippen LogP contribution in [0.5, 0.6) is 0 Å². The summed E-state index contributed by atoms with van der Waals surface area (Å²) in [6.45, 7) is 11.6. The highest BCUT2D eigenvalue weighted by Gasteiger charge is 2.35. The van der Waals surface area contributed by atoms with Crippen LogP contribution < -0.4 is 0 Å². The Kier molecular flexibility index (Phi) is 10.1. The molecule has 0 N–H and O–H groups in total. The molecule has 0 saturated carbocycles. The van der Waals surface area contributed by atoms with Gasteiger partial charge in [0.15, 0.2) is 0 Å². The van der Waals surface area contributed by atoms with E-state index in [4.69, 9.17) is 13.3 Å². The van der Waals surface area contributed by atoms with Crippen molar-refractivity contribution in [1.29, 1.82) is 0 Å². The minimum atomic E-state index is -2.38. The summed E-state index contributed by atoms with van der Waals surface area (Å²) in [5.41, 5.74) is 0. The van der Waals surface area contributed by atoms with E-state index in [1.54, 1.807) is 0 Å². The molecule has 3 nitrogen and oxygen atoms in total. The molecule has 0 bridgehead atoms. The van der Waals surface area contributed by atoms with Gasteiger partial charge in [0, 0.05) is 25.9 Å². The van der Waals surface area contributed by atoms with Crippen LogP contribution in [0.25, 0.3) is 0 Å². The first kappa shape index (κ1) is 17.1. The van der Waals surface area contributed by atoms with Gasteiger partial charge in [0.05, 0.1) is 0 Å². The Morgan fingerprint density at radius 3 is 2.00 bits per heavy atom. The Morgan fingerprint density at radius 1 is 0.941 bits per heavy atom. The van der Waals surface area contributed by atoms with Crippen LogP contribution in [0.4, 0.5) is 0 Å². The molecule has 0 aliphatic carbocycles. The number of hydrogen-bond acceptors (Lipinski definition) is 3. The fraction of sp³-hybridized carbons (Fsp3) is 1.00. The summed E-state index contributed by atoms with van der Waals surface area (Å²) in [5, 5.41) is 0. The lowest BCUT2D eigenvalue weighted by Crippen LogP contribution is -2.45. The predicted octanol–water partition coefficient (Wildman–Crippen LogP) is 4.00. The summed E-state index contributed by atoms with van der Waals surface area (Å²) in [7, 11) is -2.38. The van der Waals surface area contributed by atoms with E-state index in [0.717, 1.165) is 6.42 Å². The van der Waals surface area contributed by atoms with Gasteiger partial charge >= 0.3 is 8.80 Å². The average Bonchev–Trinajstić information content (AvgIpc) is 2.24. The van der Waals surface area contributed by atoms with Crippen LogP contribution in [-0.4, -0.2) is 28.1 Å². The van der Waals surface area contributed by atoms with Crippen LogP contribution in [0.3, 0.4) is 0 Å². The number of unbranched alkanes of at least 4 members (excludes halogenated alkanes) is 3. The minimum absolute atomic E-state index is 0.238. The van der Waals surface area contributed by atoms with Crippen LogP contribution in [0.15, 0.2) is 0 Å². The van der Waals surface area contributed by atoms with Crippen molar-refractivity contribution in [3.05, 3.63) is 0 Å². The van der Waals surface area contributed by atoms with E-state index in [1.165, 1.54) is 25.7 Å². The lowest BCUT2D eigenvalue weighted by atomic mass is 10.1. The van der Waals surface area contributed by atoms with Crippen molar-refractivity contribution in [2.75, 3.05) is 13.2 Å². The molecule has 0 radical (unpaired) electrons. The Morgan fingerprint density at radius 2 is 1.53 bits per heavy atom. The molecule has 0 heterocycles. The van der Waals surface area contributed by atoms with Crippen molar-refractivity contribution in [2.24, 2.45) is 0 Å². The lowest BCUT2D eigenvalue weighted by molar-refractivity contribution is 0.0407. The van der Waals surface area contributed by atoms with Crippen LogP contribution in [0.1, 0.15) is 59.8 Å². The molecule has 0 aromatic carbocycles. The first-order chi connectivity index (χ1) is 8.08. The zero-order valence-corrected chi connectivity index (χ0v) is 13.3. The van der Waals surface area contributed by atoms with Crippen LogP contribution in [0, 0.1) is 0 Å². The van der Waals surface area contributed by atoms with Gasteiger partial charge in [-0.25, -0.2) is 0 Å². The topological polar surface area (TPSA) is 27.7 Å². The summed E-state index contributed by atoms with van der Waals surface area (Å²) >= 11 is 0. The second kappa shape index (κ2) is 10.1. The molecule has 1 atom stereocenters. The molecular weight excluding hydrogens is 232 g/mol. The van der Waals surface area contributed by atoms with E-state index in [1.807, 2.05) is 20.4 Å². The Hall–Kier alpha value is 0.0969. The van der Waals surface area contributed by atoms with Gasteiger partial charge in [-0.1, -0.05) is 32.6 Å². The van der Waals surface area contributed by atoms with Crippen molar-refractivity contribution in [3.8, 4) is 0 Å². The second-order valence-electron chi connectivity index (χ2n) is 4.51. The van der Waals surface area contributed by atoms with E-state index in [0.29, 0.717) is 13.2 Å². The molecule has 0 aliphatic rings. The molecule has 0 aromatic heterocycles. The van der Waals surface area contributed by atoms with Gasteiger partial charge in [-0.05, 0) is 27.2 Å². The summed E-state index contributed by atoms with van der Waals surface area (Å²) in [5.74, 6) is 0. The zero-order chi connectivity index (χ0) is 13.1. The van der Waals surface area contributed by atoms with Gasteiger partial charge in [-0.2, -0.15) is 0 Å². The third-order valence-corrected chi connectivity index (χ3v) is 5.15. The molecule has 0 aliphatic heterocycles. The quantitative estimate of drug-likeness (QED) is 0.416. The predicted molar refractivity (Wildman–Crippen MR) is 74.2 cm³/mol. The van der Waals surface area contributed by atoms with Crippen molar-refractivity contribution < 1.29 is 13.3 Å². The van der Waals surface area contributed by atoms with Gasteiger partial charge in [0.1, 0.15) is 0 Å². The Bertz CT molecular complexity index is 170. The summed E-state index contributed by atoms with van der Waals surface area (Å²) in [4.78, 5) is 0. The Balaban J connectivity index is 3.90. The molecule has 17 heavy (non-hydrogen) atoms. The van der Waals surface area contributed by atoms with Crippen LogP contribution >= 0.6 is 0 Å². The molecular formula is C13H30O3Si. The number of rotatable bonds is 11. The molecule has 0 rings (SSSR count). The maximum atomic E-state index is 5.99. The maximum Gasteiger partial charge on any atom is 0.497 e. The number of hydrogen-bond donors (Lipinski definition) is 0. The fourth-order valence-corrected chi connectivity index (χ4v) is 4.03. The highest BCUT2D eigenvalue weighted by atomic mass is 28.4. The van der Waals surface area contributed by atoms with Gasteiger partial charge in [0.25, 0.3) is 0 Å². The monoisotopic (exact) mass is 262 g/mol. The molecule has 0 spiro atoms. The van der Waals surface area contributed by atoms with E-state index in [2.05, 4.69) is 13.8 Å². The fourth-order valence-electron chi connectivity index (χ4n) is 1.92. The molecule has 104 valence electrons. The van der Waals surface area contributed by atoms with Gasteiger partial charge in [0.2, 0.25) is 0 Å². The Labute approximate surface area is 108 Å². The van der Waals surface area contributed by atoms with E-state index >= 15 is 0 Å².